The number of hydrogen-bond donors (Lipinski definition) is 3. The molecule has 0 saturated carbocycles. The molecule has 82 valence electrons. The summed E-state index contributed by atoms with van der Waals surface area (Å²) in [5, 5.41) is 22.9. The van der Waals surface area contributed by atoms with Crippen LogP contribution < -0.4 is 10.6 Å². The van der Waals surface area contributed by atoms with Crippen molar-refractivity contribution in [1.82, 2.24) is 15.5 Å². The molecule has 1 aromatic rings. The molecule has 7 heteroatoms. The quantitative estimate of drug-likeness (QED) is 0.497. The lowest BCUT2D eigenvalue weighted by Crippen LogP contribution is -2.29. The number of aromatic nitrogens is 2. The summed E-state index contributed by atoms with van der Waals surface area (Å²) in [4.78, 5) is 10.1. The van der Waals surface area contributed by atoms with Gasteiger partial charge in [-0.15, -0.1) is 5.10 Å². The third kappa shape index (κ3) is 2.24. The maximum Gasteiger partial charge on any atom is 0.366 e. The van der Waals surface area contributed by atoms with E-state index < -0.39 is 4.92 Å². The first-order chi connectivity index (χ1) is 7.27. The molecule has 1 aromatic heterocycles. The van der Waals surface area contributed by atoms with E-state index in [-0.39, 0.29) is 5.82 Å². The first-order valence-corrected chi connectivity index (χ1v) is 4.92. The van der Waals surface area contributed by atoms with E-state index >= 15 is 0 Å². The van der Waals surface area contributed by atoms with Crippen molar-refractivity contribution in [1.29, 1.82) is 0 Å². The zero-order chi connectivity index (χ0) is 10.7. The summed E-state index contributed by atoms with van der Waals surface area (Å²) in [6, 6.07) is 0.402. The summed E-state index contributed by atoms with van der Waals surface area (Å²) in [5.41, 5.74) is 0.452. The summed E-state index contributed by atoms with van der Waals surface area (Å²) in [7, 11) is 0. The summed E-state index contributed by atoms with van der Waals surface area (Å²) >= 11 is 0. The van der Waals surface area contributed by atoms with Crippen molar-refractivity contribution in [3.8, 4) is 0 Å². The van der Waals surface area contributed by atoms with Crippen LogP contribution in [0.1, 0.15) is 12.8 Å². The lowest BCUT2D eigenvalue weighted by atomic mass is 10.2. The second-order valence-electron chi connectivity index (χ2n) is 3.56. The van der Waals surface area contributed by atoms with E-state index in [0.29, 0.717) is 18.3 Å². The van der Waals surface area contributed by atoms with Crippen LogP contribution in [0.4, 0.5) is 11.5 Å². The Morgan fingerprint density at radius 2 is 2.60 bits per heavy atom. The summed E-state index contributed by atoms with van der Waals surface area (Å²) in [6.07, 6.45) is 3.71. The van der Waals surface area contributed by atoms with Crippen LogP contribution in [0.25, 0.3) is 0 Å². The highest BCUT2D eigenvalue weighted by atomic mass is 16.6. The Bertz CT molecular complexity index is 345. The molecular weight excluding hydrogens is 198 g/mol. The Morgan fingerprint density at radius 1 is 1.73 bits per heavy atom. The molecule has 1 aliphatic rings. The van der Waals surface area contributed by atoms with Gasteiger partial charge in [-0.1, -0.05) is 5.10 Å². The van der Waals surface area contributed by atoms with Crippen molar-refractivity contribution in [2.24, 2.45) is 0 Å². The number of anilines is 1. The van der Waals surface area contributed by atoms with Crippen molar-refractivity contribution in [3.05, 3.63) is 16.3 Å². The fourth-order valence-electron chi connectivity index (χ4n) is 1.71. The Hall–Kier alpha value is -1.63. The normalized spacial score (nSPS) is 20.4. The fraction of sp³-hybridized carbons (Fsp3) is 0.625. The summed E-state index contributed by atoms with van der Waals surface area (Å²) in [6.45, 7) is 1.72. The van der Waals surface area contributed by atoms with Gasteiger partial charge in [0.2, 0.25) is 0 Å². The number of rotatable bonds is 4. The number of nitrogens with zero attached hydrogens (tertiary/aromatic N) is 2. The van der Waals surface area contributed by atoms with Crippen LogP contribution in [0, 0.1) is 10.1 Å². The molecular formula is C8H13N5O2. The van der Waals surface area contributed by atoms with Crippen LogP contribution in [0.15, 0.2) is 6.20 Å². The lowest BCUT2D eigenvalue weighted by Gasteiger charge is -2.10. The zero-order valence-corrected chi connectivity index (χ0v) is 8.19. The molecule has 0 radical (unpaired) electrons. The molecule has 3 N–H and O–H groups in total. The SMILES string of the molecule is O=[N+]([O-])c1[nH]ncc1NCC1CCCN1. The van der Waals surface area contributed by atoms with Crippen molar-refractivity contribution in [2.75, 3.05) is 18.4 Å². The van der Waals surface area contributed by atoms with E-state index in [0.717, 1.165) is 13.0 Å². The van der Waals surface area contributed by atoms with E-state index in [1.807, 2.05) is 0 Å². The van der Waals surface area contributed by atoms with E-state index in [9.17, 15) is 10.1 Å². The first-order valence-electron chi connectivity index (χ1n) is 4.92. The Labute approximate surface area is 86.4 Å². The average molecular weight is 211 g/mol. The van der Waals surface area contributed by atoms with Crippen molar-refractivity contribution >= 4 is 11.5 Å². The summed E-state index contributed by atoms with van der Waals surface area (Å²) < 4.78 is 0. The Kier molecular flexibility index (Phi) is 2.82. The smallest absolute Gasteiger partial charge is 0.366 e. The monoisotopic (exact) mass is 211 g/mol. The molecule has 1 unspecified atom stereocenters. The molecule has 0 aliphatic carbocycles. The minimum Gasteiger partial charge on any atom is -0.375 e. The van der Waals surface area contributed by atoms with Gasteiger partial charge in [-0.25, -0.2) is 0 Å². The zero-order valence-electron chi connectivity index (χ0n) is 8.19. The fourth-order valence-corrected chi connectivity index (χ4v) is 1.71. The van der Waals surface area contributed by atoms with Gasteiger partial charge < -0.3 is 20.7 Å². The first kappa shape index (κ1) is 9.91. The van der Waals surface area contributed by atoms with Crippen LogP contribution in [-0.2, 0) is 0 Å². The van der Waals surface area contributed by atoms with Crippen LogP contribution in [-0.4, -0.2) is 34.3 Å². The van der Waals surface area contributed by atoms with Crippen molar-refractivity contribution < 1.29 is 4.92 Å². The van der Waals surface area contributed by atoms with Crippen molar-refractivity contribution in [3.63, 3.8) is 0 Å². The molecule has 1 aliphatic heterocycles. The maximum absolute atomic E-state index is 10.6. The number of hydrogen-bond acceptors (Lipinski definition) is 5. The van der Waals surface area contributed by atoms with Gasteiger partial charge in [-0.3, -0.25) is 0 Å². The molecule has 0 spiro atoms. The van der Waals surface area contributed by atoms with E-state index in [4.69, 9.17) is 0 Å². The largest absolute Gasteiger partial charge is 0.375 e. The minimum absolute atomic E-state index is 0.0759. The second kappa shape index (κ2) is 4.26. The van der Waals surface area contributed by atoms with Crippen LogP contribution in [0.3, 0.4) is 0 Å². The predicted molar refractivity (Wildman–Crippen MR) is 54.8 cm³/mol. The summed E-state index contributed by atoms with van der Waals surface area (Å²) in [5.74, 6) is -0.0759. The molecule has 7 nitrogen and oxygen atoms in total. The molecule has 0 aromatic carbocycles. The van der Waals surface area contributed by atoms with Gasteiger partial charge >= 0.3 is 5.82 Å². The van der Waals surface area contributed by atoms with E-state index in [1.165, 1.54) is 12.6 Å². The number of nitrogens with one attached hydrogen (secondary N) is 3. The Balaban J connectivity index is 1.92. The molecule has 15 heavy (non-hydrogen) atoms. The van der Waals surface area contributed by atoms with Crippen LogP contribution in [0.2, 0.25) is 0 Å². The maximum atomic E-state index is 10.6. The molecule has 2 rings (SSSR count). The van der Waals surface area contributed by atoms with Crippen molar-refractivity contribution in [2.45, 2.75) is 18.9 Å². The highest BCUT2D eigenvalue weighted by molar-refractivity contribution is 5.55. The highest BCUT2D eigenvalue weighted by Crippen LogP contribution is 2.19. The molecule has 0 amide bonds. The molecule has 0 bridgehead atoms. The van der Waals surface area contributed by atoms with E-state index in [2.05, 4.69) is 20.8 Å². The van der Waals surface area contributed by atoms with Gasteiger partial charge in [0.05, 0.1) is 0 Å². The van der Waals surface area contributed by atoms with Gasteiger partial charge in [0.15, 0.2) is 5.69 Å². The number of aromatic amines is 1. The predicted octanol–water partition coefficient (Wildman–Crippen LogP) is 0.482. The molecule has 1 atom stereocenters. The van der Waals surface area contributed by atoms with Gasteiger partial charge in [-0.2, -0.15) is 0 Å². The number of H-pyrrole nitrogens is 1. The average Bonchev–Trinajstić information content (AvgIpc) is 2.86. The lowest BCUT2D eigenvalue weighted by molar-refractivity contribution is -0.388. The third-order valence-corrected chi connectivity index (χ3v) is 2.50. The minimum atomic E-state index is -0.475. The Morgan fingerprint density at radius 3 is 3.27 bits per heavy atom. The highest BCUT2D eigenvalue weighted by Gasteiger charge is 2.18. The molecule has 2 heterocycles. The molecule has 1 saturated heterocycles. The second-order valence-corrected chi connectivity index (χ2v) is 3.56. The van der Waals surface area contributed by atoms with E-state index in [1.54, 1.807) is 0 Å². The van der Waals surface area contributed by atoms with Gasteiger partial charge in [0.25, 0.3) is 0 Å². The van der Waals surface area contributed by atoms with Gasteiger partial charge in [0.1, 0.15) is 6.20 Å². The van der Waals surface area contributed by atoms with Crippen LogP contribution >= 0.6 is 0 Å². The van der Waals surface area contributed by atoms with Crippen LogP contribution in [0.5, 0.6) is 0 Å². The topological polar surface area (TPSA) is 95.9 Å². The number of nitro groups is 1. The molecule has 1 fully saturated rings. The standard InChI is InChI=1S/C8H13N5O2/c14-13(15)8-7(5-11-12-8)10-4-6-2-1-3-9-6/h5-6,9-10H,1-4H2,(H,11,12). The third-order valence-electron chi connectivity index (χ3n) is 2.50. The van der Waals surface area contributed by atoms with Gasteiger partial charge in [-0.05, 0) is 24.3 Å². The van der Waals surface area contributed by atoms with Gasteiger partial charge in [0, 0.05) is 12.6 Å².